The second-order valence-electron chi connectivity index (χ2n) is 5.62. The maximum absolute atomic E-state index is 12.3. The Kier molecular flexibility index (Phi) is 5.20. The highest BCUT2D eigenvalue weighted by molar-refractivity contribution is 7.90. The van der Waals surface area contributed by atoms with Gasteiger partial charge in [0.1, 0.15) is 0 Å². The van der Waals surface area contributed by atoms with E-state index in [2.05, 4.69) is 15.9 Å². The Morgan fingerprint density at radius 2 is 1.86 bits per heavy atom. The van der Waals surface area contributed by atoms with Gasteiger partial charge in [-0.3, -0.25) is 0 Å². The van der Waals surface area contributed by atoms with E-state index in [9.17, 15) is 8.42 Å². The summed E-state index contributed by atoms with van der Waals surface area (Å²) in [6.45, 7) is 4.10. The summed E-state index contributed by atoms with van der Waals surface area (Å²) in [6, 6.07) is 6.37. The normalized spacial score (nSPS) is 13.5. The lowest BCUT2D eigenvalue weighted by atomic mass is 10.1. The molecule has 8 heteroatoms. The predicted octanol–water partition coefficient (Wildman–Crippen LogP) is 2.03. The second kappa shape index (κ2) is 6.76. The Balaban J connectivity index is 2.16. The maximum Gasteiger partial charge on any atom is 0.336 e. The van der Waals surface area contributed by atoms with Crippen LogP contribution in [0.3, 0.4) is 0 Å². The van der Waals surface area contributed by atoms with E-state index in [0.29, 0.717) is 16.5 Å². The number of halogens is 1. The zero-order chi connectivity index (χ0) is 16.3. The van der Waals surface area contributed by atoms with Gasteiger partial charge in [-0.15, -0.1) is 5.10 Å². The van der Waals surface area contributed by atoms with Crippen molar-refractivity contribution in [3.05, 3.63) is 40.7 Å². The highest BCUT2D eigenvalue weighted by Crippen LogP contribution is 2.20. The molecule has 1 aromatic heterocycles. The fraction of sp³-hybridized carbons (Fsp3) is 0.429. The molecule has 0 aliphatic rings. The summed E-state index contributed by atoms with van der Waals surface area (Å²) >= 11 is 5.78. The Labute approximate surface area is 134 Å². The molecular weight excluding hydrogens is 326 g/mol. The molecule has 2 rings (SSSR count). The quantitative estimate of drug-likeness (QED) is 0.863. The van der Waals surface area contributed by atoms with Crippen molar-refractivity contribution in [2.24, 2.45) is 5.92 Å². The minimum atomic E-state index is -3.68. The zero-order valence-electron chi connectivity index (χ0n) is 12.5. The first kappa shape index (κ1) is 16.9. The summed E-state index contributed by atoms with van der Waals surface area (Å²) in [5.74, 6) is 0.449. The highest BCUT2D eigenvalue weighted by Gasteiger charge is 2.26. The molecule has 0 aliphatic carbocycles. The molecule has 22 heavy (non-hydrogen) atoms. The topological polar surface area (TPSA) is 101 Å². The van der Waals surface area contributed by atoms with Crippen molar-refractivity contribution < 1.29 is 18.6 Å². The maximum atomic E-state index is 12.3. The van der Waals surface area contributed by atoms with Crippen LogP contribution in [0.5, 0.6) is 0 Å². The van der Waals surface area contributed by atoms with Gasteiger partial charge in [0.15, 0.2) is 6.04 Å². The van der Waals surface area contributed by atoms with Gasteiger partial charge in [-0.05, 0) is 23.6 Å². The van der Waals surface area contributed by atoms with Gasteiger partial charge in [0.05, 0.1) is 5.75 Å². The van der Waals surface area contributed by atoms with Crippen molar-refractivity contribution in [3.63, 3.8) is 0 Å². The third-order valence-electron chi connectivity index (χ3n) is 3.06. The largest absolute Gasteiger partial charge is 0.406 e. The summed E-state index contributed by atoms with van der Waals surface area (Å²) in [4.78, 5) is 0. The lowest BCUT2D eigenvalue weighted by Gasteiger charge is -2.06. The molecule has 0 radical (unpaired) electrons. The van der Waals surface area contributed by atoms with Crippen LogP contribution in [0.1, 0.15) is 37.8 Å². The van der Waals surface area contributed by atoms with Crippen LogP contribution >= 0.6 is 11.6 Å². The van der Waals surface area contributed by atoms with E-state index in [4.69, 9.17) is 16.0 Å². The van der Waals surface area contributed by atoms with E-state index in [1.807, 2.05) is 13.8 Å². The van der Waals surface area contributed by atoms with E-state index in [1.165, 1.54) is 0 Å². The third kappa shape index (κ3) is 4.28. The van der Waals surface area contributed by atoms with Crippen molar-refractivity contribution in [2.75, 3.05) is 0 Å². The number of sulfone groups is 1. The summed E-state index contributed by atoms with van der Waals surface area (Å²) < 4.78 is 29.9. The van der Waals surface area contributed by atoms with Crippen molar-refractivity contribution in [1.82, 2.24) is 10.2 Å². The molecule has 6 nitrogen and oxygen atoms in total. The van der Waals surface area contributed by atoms with E-state index in [1.54, 1.807) is 24.3 Å². The average molecular weight is 345 g/mol. The number of nitrogens with zero attached hydrogens (tertiary/aromatic N) is 2. The van der Waals surface area contributed by atoms with Crippen molar-refractivity contribution in [1.29, 1.82) is 0 Å². The van der Waals surface area contributed by atoms with E-state index < -0.39 is 9.84 Å². The molecule has 0 aliphatic heterocycles. The second-order valence-corrected chi connectivity index (χ2v) is 7.92. The third-order valence-corrected chi connectivity index (χ3v) is 4.73. The summed E-state index contributed by atoms with van der Waals surface area (Å²) in [6.07, 6.45) is 0.749. The van der Waals surface area contributed by atoms with E-state index in [-0.39, 0.29) is 22.9 Å². The summed E-state index contributed by atoms with van der Waals surface area (Å²) in [7, 11) is -3.68. The monoisotopic (exact) mass is 344 g/mol. The Bertz CT molecular complexity index is 726. The Morgan fingerprint density at radius 1 is 1.23 bits per heavy atom. The van der Waals surface area contributed by atoms with Gasteiger partial charge in [-0.2, -0.15) is 0 Å². The lowest BCUT2D eigenvalue weighted by molar-refractivity contribution is -0.435. The number of hydrogen-bond acceptors (Lipinski definition) is 5. The molecule has 3 N–H and O–H groups in total. The molecular formula is C14H19ClN3O3S+. The molecule has 0 unspecified atom stereocenters. The molecule has 0 bridgehead atoms. The number of rotatable bonds is 6. The molecule has 120 valence electrons. The van der Waals surface area contributed by atoms with Crippen LogP contribution in [0, 0.1) is 5.92 Å². The van der Waals surface area contributed by atoms with Gasteiger partial charge >= 0.3 is 5.22 Å². The Morgan fingerprint density at radius 3 is 2.45 bits per heavy atom. The number of aromatic nitrogens is 2. The first-order valence-electron chi connectivity index (χ1n) is 6.91. The molecule has 1 atom stereocenters. The minimum Gasteiger partial charge on any atom is -0.406 e. The van der Waals surface area contributed by atoms with Crippen molar-refractivity contribution in [2.45, 2.75) is 37.3 Å². The van der Waals surface area contributed by atoms with Crippen LogP contribution in [0.25, 0.3) is 0 Å². The molecule has 1 heterocycles. The van der Waals surface area contributed by atoms with Gasteiger partial charge < -0.3 is 10.2 Å². The highest BCUT2D eigenvalue weighted by atomic mass is 35.5. The van der Waals surface area contributed by atoms with Crippen molar-refractivity contribution in [3.8, 4) is 0 Å². The first-order chi connectivity index (χ1) is 10.3. The molecule has 0 saturated heterocycles. The molecule has 0 amide bonds. The Hall–Kier alpha value is -1.44. The lowest BCUT2D eigenvalue weighted by Crippen LogP contribution is -2.54. The number of hydrogen-bond donors (Lipinski definition) is 1. The first-order valence-corrected chi connectivity index (χ1v) is 8.94. The molecule has 0 spiro atoms. The smallest absolute Gasteiger partial charge is 0.336 e. The van der Waals surface area contributed by atoms with E-state index in [0.717, 1.165) is 6.42 Å². The van der Waals surface area contributed by atoms with Crippen LogP contribution < -0.4 is 5.73 Å². The van der Waals surface area contributed by atoms with Crippen LogP contribution in [-0.4, -0.2) is 18.6 Å². The van der Waals surface area contributed by atoms with Crippen LogP contribution in [0.2, 0.25) is 5.02 Å². The standard InChI is InChI=1S/C14H18ClN3O3S/c1-9(2)7-12(16)13-17-18-14(21-13)22(19,20)8-10-3-5-11(15)6-4-10/h3-6,9,12H,7-8,16H2,1-2H3/p+1/t12-/m0/s1. The number of benzene rings is 1. The average Bonchev–Trinajstić information content (AvgIpc) is 2.91. The van der Waals surface area contributed by atoms with Gasteiger partial charge in [-0.1, -0.05) is 42.7 Å². The summed E-state index contributed by atoms with van der Waals surface area (Å²) in [5.41, 5.74) is 4.54. The van der Waals surface area contributed by atoms with Gasteiger partial charge in [-0.25, -0.2) is 8.42 Å². The van der Waals surface area contributed by atoms with Gasteiger partial charge in [0, 0.05) is 11.4 Å². The molecule has 0 saturated carbocycles. The minimum absolute atomic E-state index is 0.211. The summed E-state index contributed by atoms with van der Waals surface area (Å²) in [5, 5.41) is 7.66. The predicted molar refractivity (Wildman–Crippen MR) is 81.7 cm³/mol. The van der Waals surface area contributed by atoms with Crippen molar-refractivity contribution >= 4 is 21.4 Å². The van der Waals surface area contributed by atoms with E-state index >= 15 is 0 Å². The molecule has 1 aromatic carbocycles. The zero-order valence-corrected chi connectivity index (χ0v) is 14.1. The fourth-order valence-electron chi connectivity index (χ4n) is 2.04. The molecule has 0 fully saturated rings. The van der Waals surface area contributed by atoms with Crippen LogP contribution in [0.15, 0.2) is 33.9 Å². The number of quaternary nitrogens is 1. The van der Waals surface area contributed by atoms with Gasteiger partial charge in [0.25, 0.3) is 5.89 Å². The van der Waals surface area contributed by atoms with Crippen LogP contribution in [0.4, 0.5) is 0 Å². The van der Waals surface area contributed by atoms with Crippen LogP contribution in [-0.2, 0) is 15.6 Å². The molecule has 2 aromatic rings. The van der Waals surface area contributed by atoms with Gasteiger partial charge in [0.2, 0.25) is 9.84 Å². The SMILES string of the molecule is CC(C)C[C@H]([NH3+])c1nnc(S(=O)(=O)Cc2ccc(Cl)cc2)o1. The fourth-order valence-corrected chi connectivity index (χ4v) is 3.30.